The van der Waals surface area contributed by atoms with Crippen molar-refractivity contribution in [3.8, 4) is 0 Å². The highest BCUT2D eigenvalue weighted by Gasteiger charge is 2.17. The van der Waals surface area contributed by atoms with E-state index in [1.807, 2.05) is 6.92 Å². The standard InChI is InChI=1S/C12H12FN6OPS2/c1-5(7-6(13)3-2-4-15-7)22-11-16-9(14)8-10(17-11)18-12(23-8)19-21-20/h2-5,20-21H,1H3,(H3,14,16,17,18,19). The number of hydrogen-bond donors (Lipinski definition) is 3. The molecule has 11 heteroatoms. The maximum absolute atomic E-state index is 13.8. The SMILES string of the molecule is CC(Sc1nc(N)c2sc(NPO)nc2n1)c1ncccc1F. The average Bonchev–Trinajstić information content (AvgIpc) is 2.91. The topological polar surface area (TPSA) is 110 Å². The van der Waals surface area contributed by atoms with Gasteiger partial charge in [-0.1, -0.05) is 23.1 Å². The third-order valence-corrected chi connectivity index (χ3v) is 5.36. The summed E-state index contributed by atoms with van der Waals surface area (Å²) in [5, 5.41) is 3.36. The molecule has 0 fully saturated rings. The lowest BCUT2D eigenvalue weighted by molar-refractivity contribution is 0.600. The molecule has 0 aliphatic rings. The Morgan fingerprint density at radius 2 is 2.26 bits per heavy atom. The number of thioether (sulfide) groups is 1. The quantitative estimate of drug-likeness (QED) is 0.357. The van der Waals surface area contributed by atoms with Crippen molar-refractivity contribution < 1.29 is 9.28 Å². The van der Waals surface area contributed by atoms with Crippen LogP contribution in [0.25, 0.3) is 10.3 Å². The van der Waals surface area contributed by atoms with Crippen LogP contribution in [0.15, 0.2) is 23.5 Å². The second-order valence-corrected chi connectivity index (χ2v) is 7.21. The predicted molar refractivity (Wildman–Crippen MR) is 92.2 cm³/mol. The van der Waals surface area contributed by atoms with Crippen LogP contribution >= 0.6 is 32.1 Å². The van der Waals surface area contributed by atoms with Crippen molar-refractivity contribution >= 4 is 53.4 Å². The monoisotopic (exact) mass is 370 g/mol. The Balaban J connectivity index is 1.89. The van der Waals surface area contributed by atoms with Crippen molar-refractivity contribution in [1.82, 2.24) is 19.9 Å². The Kier molecular flexibility index (Phi) is 4.86. The number of pyridine rings is 1. The molecular formula is C12H12FN6OPS2. The smallest absolute Gasteiger partial charge is 0.192 e. The molecule has 3 heterocycles. The first kappa shape index (κ1) is 16.3. The fourth-order valence-corrected chi connectivity index (χ4v) is 3.93. The van der Waals surface area contributed by atoms with Crippen molar-refractivity contribution in [1.29, 1.82) is 0 Å². The number of thiazole rings is 1. The van der Waals surface area contributed by atoms with E-state index in [2.05, 4.69) is 25.0 Å². The fraction of sp³-hybridized carbons (Fsp3) is 0.167. The highest BCUT2D eigenvalue weighted by Crippen LogP contribution is 2.36. The Hall–Kier alpha value is -1.61. The summed E-state index contributed by atoms with van der Waals surface area (Å²) < 4.78 is 14.4. The second-order valence-electron chi connectivity index (χ2n) is 4.43. The number of hydrogen-bond acceptors (Lipinski definition) is 9. The summed E-state index contributed by atoms with van der Waals surface area (Å²) in [5.74, 6) is -0.0661. The predicted octanol–water partition coefficient (Wildman–Crippen LogP) is 2.97. The van der Waals surface area contributed by atoms with Crippen LogP contribution in [0, 0.1) is 5.82 Å². The molecule has 2 atom stereocenters. The van der Waals surface area contributed by atoms with Crippen LogP contribution in [0.1, 0.15) is 17.9 Å². The van der Waals surface area contributed by atoms with Crippen molar-refractivity contribution in [2.24, 2.45) is 0 Å². The number of halogens is 1. The lowest BCUT2D eigenvalue weighted by Crippen LogP contribution is -2.00. The van der Waals surface area contributed by atoms with Crippen molar-refractivity contribution in [2.45, 2.75) is 17.3 Å². The van der Waals surface area contributed by atoms with Gasteiger partial charge in [-0.25, -0.2) is 14.4 Å². The van der Waals surface area contributed by atoms with E-state index in [0.717, 1.165) is 0 Å². The molecule has 0 amide bonds. The van der Waals surface area contributed by atoms with Crippen LogP contribution in [0.4, 0.5) is 15.3 Å². The maximum atomic E-state index is 13.8. The number of nitrogens with zero attached hydrogens (tertiary/aromatic N) is 4. The summed E-state index contributed by atoms with van der Waals surface area (Å²) in [6.45, 7) is 1.82. The van der Waals surface area contributed by atoms with Crippen molar-refractivity contribution in [3.05, 3.63) is 29.8 Å². The number of fused-ring (bicyclic) bond motifs is 1. The Labute approximate surface area is 140 Å². The van der Waals surface area contributed by atoms with E-state index in [9.17, 15) is 4.39 Å². The zero-order valence-corrected chi connectivity index (χ0v) is 14.5. The number of nitrogen functional groups attached to an aromatic ring is 1. The molecule has 3 rings (SSSR count). The molecule has 0 radical (unpaired) electrons. The molecule has 0 saturated heterocycles. The van der Waals surface area contributed by atoms with Crippen LogP contribution in [-0.4, -0.2) is 24.8 Å². The van der Waals surface area contributed by atoms with Gasteiger partial charge in [-0.3, -0.25) is 4.98 Å². The van der Waals surface area contributed by atoms with Crippen LogP contribution in [0.3, 0.4) is 0 Å². The van der Waals surface area contributed by atoms with E-state index in [1.54, 1.807) is 12.3 Å². The van der Waals surface area contributed by atoms with E-state index in [-0.39, 0.29) is 11.1 Å². The molecule has 0 saturated carbocycles. The lowest BCUT2D eigenvalue weighted by Gasteiger charge is -2.10. The van der Waals surface area contributed by atoms with E-state index in [0.29, 0.717) is 32.1 Å². The average molecular weight is 370 g/mol. The van der Waals surface area contributed by atoms with Gasteiger partial charge in [0.15, 0.2) is 15.9 Å². The minimum Gasteiger partial charge on any atom is -0.382 e. The minimum absolute atomic E-state index is 0.275. The molecular weight excluding hydrogens is 358 g/mol. The van der Waals surface area contributed by atoms with Crippen molar-refractivity contribution in [2.75, 3.05) is 10.8 Å². The van der Waals surface area contributed by atoms with Gasteiger partial charge in [-0.15, -0.1) is 0 Å². The van der Waals surface area contributed by atoms with Gasteiger partial charge in [0, 0.05) is 6.20 Å². The second kappa shape index (κ2) is 6.88. The molecule has 0 aliphatic heterocycles. The maximum Gasteiger partial charge on any atom is 0.192 e. The first-order valence-corrected chi connectivity index (χ1v) is 9.09. The normalized spacial score (nSPS) is 13.0. The molecule has 23 heavy (non-hydrogen) atoms. The van der Waals surface area contributed by atoms with Crippen LogP contribution in [-0.2, 0) is 0 Å². The molecule has 0 bridgehead atoms. The third-order valence-electron chi connectivity index (χ3n) is 2.88. The summed E-state index contributed by atoms with van der Waals surface area (Å²) in [5.41, 5.74) is 6.72. The minimum atomic E-state index is -0.456. The molecule has 3 aromatic rings. The lowest BCUT2D eigenvalue weighted by atomic mass is 10.3. The first-order chi connectivity index (χ1) is 11.1. The molecule has 7 nitrogen and oxygen atoms in total. The molecule has 3 aromatic heterocycles. The Bertz CT molecular complexity index is 848. The van der Waals surface area contributed by atoms with E-state index >= 15 is 0 Å². The third kappa shape index (κ3) is 3.50. The summed E-state index contributed by atoms with van der Waals surface area (Å²) in [6.07, 6.45) is 1.54. The summed E-state index contributed by atoms with van der Waals surface area (Å²) in [7, 11) is -0.456. The van der Waals surface area contributed by atoms with Gasteiger partial charge >= 0.3 is 0 Å². The largest absolute Gasteiger partial charge is 0.382 e. The van der Waals surface area contributed by atoms with Gasteiger partial charge in [0.25, 0.3) is 0 Å². The number of rotatable bonds is 5. The summed E-state index contributed by atoms with van der Waals surface area (Å²) >= 11 is 2.52. The molecule has 0 aliphatic carbocycles. The summed E-state index contributed by atoms with van der Waals surface area (Å²) in [6, 6.07) is 2.91. The van der Waals surface area contributed by atoms with Gasteiger partial charge in [0.1, 0.15) is 25.3 Å². The molecule has 4 N–H and O–H groups in total. The number of nitrogens with two attached hydrogens (primary N) is 1. The Morgan fingerprint density at radius 1 is 1.43 bits per heavy atom. The number of nitrogens with one attached hydrogen (secondary N) is 1. The van der Waals surface area contributed by atoms with Gasteiger partial charge in [0.05, 0.1) is 10.9 Å². The van der Waals surface area contributed by atoms with E-state index < -0.39 is 8.96 Å². The van der Waals surface area contributed by atoms with Gasteiger partial charge in [0.2, 0.25) is 0 Å². The zero-order valence-electron chi connectivity index (χ0n) is 11.8. The fourth-order valence-electron chi connectivity index (χ4n) is 1.89. The molecule has 120 valence electrons. The van der Waals surface area contributed by atoms with Crippen LogP contribution in [0.2, 0.25) is 0 Å². The highest BCUT2D eigenvalue weighted by molar-refractivity contribution is 7.99. The molecule has 0 aromatic carbocycles. The van der Waals surface area contributed by atoms with Gasteiger partial charge in [-0.2, -0.15) is 4.98 Å². The molecule has 0 spiro atoms. The molecule has 2 unspecified atom stereocenters. The zero-order chi connectivity index (χ0) is 16.4. The van der Waals surface area contributed by atoms with Crippen molar-refractivity contribution in [3.63, 3.8) is 0 Å². The van der Waals surface area contributed by atoms with Gasteiger partial charge < -0.3 is 15.7 Å². The first-order valence-electron chi connectivity index (χ1n) is 6.44. The number of anilines is 2. The van der Waals surface area contributed by atoms with Gasteiger partial charge in [-0.05, 0) is 19.1 Å². The number of aromatic nitrogens is 4. The summed E-state index contributed by atoms with van der Waals surface area (Å²) in [4.78, 5) is 25.8. The Morgan fingerprint density at radius 3 is 3.00 bits per heavy atom. The van der Waals surface area contributed by atoms with Crippen LogP contribution < -0.4 is 10.8 Å². The van der Waals surface area contributed by atoms with Crippen LogP contribution in [0.5, 0.6) is 0 Å². The highest BCUT2D eigenvalue weighted by atomic mass is 32.2. The van der Waals surface area contributed by atoms with E-state index in [4.69, 9.17) is 10.6 Å². The van der Waals surface area contributed by atoms with E-state index in [1.165, 1.54) is 29.2 Å².